The predicted octanol–water partition coefficient (Wildman–Crippen LogP) is 1.07. The number of aryl methyl sites for hydroxylation is 1. The largest absolute Gasteiger partial charge is 0.494 e. The van der Waals surface area contributed by atoms with Gasteiger partial charge in [0.05, 0.1) is 12.8 Å². The highest BCUT2D eigenvalue weighted by Gasteiger charge is 2.31. The molecule has 0 bridgehead atoms. The second-order valence-electron chi connectivity index (χ2n) is 6.09. The first-order chi connectivity index (χ1) is 13.7. The summed E-state index contributed by atoms with van der Waals surface area (Å²) in [6.07, 6.45) is 1.25. The number of nitrogens with one attached hydrogen (secondary N) is 2. The van der Waals surface area contributed by atoms with Crippen LogP contribution < -0.4 is 15.4 Å². The first-order valence-electron chi connectivity index (χ1n) is 8.65. The number of amides is 2. The van der Waals surface area contributed by atoms with Crippen molar-refractivity contribution in [3.8, 4) is 11.8 Å². The molecule has 0 aliphatic heterocycles. The Bertz CT molecular complexity index is 1040. The number of hydrogen-bond donors (Lipinski definition) is 2. The van der Waals surface area contributed by atoms with Crippen LogP contribution in [0.1, 0.15) is 19.4 Å². The molecule has 0 aliphatic carbocycles. The molecule has 0 aliphatic rings. The van der Waals surface area contributed by atoms with Crippen LogP contribution in [0.15, 0.2) is 30.5 Å². The minimum Gasteiger partial charge on any atom is -0.494 e. The van der Waals surface area contributed by atoms with Gasteiger partial charge in [0.25, 0.3) is 0 Å². The third-order valence-electron chi connectivity index (χ3n) is 3.99. The van der Waals surface area contributed by atoms with Gasteiger partial charge in [0.15, 0.2) is 9.84 Å². The van der Waals surface area contributed by atoms with E-state index in [9.17, 15) is 18.0 Å². The highest BCUT2D eigenvalue weighted by molar-refractivity contribution is 7.93. The summed E-state index contributed by atoms with van der Waals surface area (Å²) >= 11 is 0. The standard InChI is InChI=1S/C18H21N5O5S/c1-4-28-15-7-5-14(6-8-15)21-16(24)11-29(26,27)12(2)18(25)22-17-13(9-19)10-20-23(17)3/h5-8,10,12H,4,11H2,1-3H3,(H,21,24)(H,22,25). The molecule has 154 valence electrons. The van der Waals surface area contributed by atoms with Gasteiger partial charge in [-0.15, -0.1) is 0 Å². The Morgan fingerprint density at radius 3 is 2.52 bits per heavy atom. The van der Waals surface area contributed by atoms with Crippen molar-refractivity contribution in [1.29, 1.82) is 5.26 Å². The Morgan fingerprint density at radius 1 is 1.28 bits per heavy atom. The van der Waals surface area contributed by atoms with Gasteiger partial charge >= 0.3 is 0 Å². The monoisotopic (exact) mass is 419 g/mol. The molecule has 29 heavy (non-hydrogen) atoms. The van der Waals surface area contributed by atoms with Gasteiger partial charge in [0.1, 0.15) is 34.2 Å². The van der Waals surface area contributed by atoms with Crippen molar-refractivity contribution >= 4 is 33.2 Å². The fraction of sp³-hybridized carbons (Fsp3) is 0.333. The van der Waals surface area contributed by atoms with Crippen molar-refractivity contribution < 1.29 is 22.7 Å². The maximum absolute atomic E-state index is 12.5. The SMILES string of the molecule is CCOc1ccc(NC(=O)CS(=O)(=O)C(C)C(=O)Nc2c(C#N)cnn2C)cc1. The molecule has 11 heteroatoms. The molecule has 0 spiro atoms. The van der Waals surface area contributed by atoms with Crippen LogP contribution in [0.4, 0.5) is 11.5 Å². The molecule has 2 rings (SSSR count). The molecule has 2 amide bonds. The van der Waals surface area contributed by atoms with E-state index in [1.54, 1.807) is 24.3 Å². The van der Waals surface area contributed by atoms with Crippen LogP contribution in [0.3, 0.4) is 0 Å². The van der Waals surface area contributed by atoms with Crippen LogP contribution in [0.25, 0.3) is 0 Å². The van der Waals surface area contributed by atoms with Crippen molar-refractivity contribution in [3.63, 3.8) is 0 Å². The Morgan fingerprint density at radius 2 is 1.93 bits per heavy atom. The molecule has 1 aromatic heterocycles. The van der Waals surface area contributed by atoms with Gasteiger partial charge in [-0.25, -0.2) is 8.42 Å². The minimum atomic E-state index is -4.09. The van der Waals surface area contributed by atoms with Crippen LogP contribution in [0, 0.1) is 11.3 Å². The third-order valence-corrected chi connectivity index (χ3v) is 5.95. The van der Waals surface area contributed by atoms with Crippen molar-refractivity contribution in [1.82, 2.24) is 9.78 Å². The highest BCUT2D eigenvalue weighted by Crippen LogP contribution is 2.17. The smallest absolute Gasteiger partial charge is 0.243 e. The molecule has 0 saturated carbocycles. The number of anilines is 2. The molecule has 0 saturated heterocycles. The highest BCUT2D eigenvalue weighted by atomic mass is 32.2. The summed E-state index contributed by atoms with van der Waals surface area (Å²) in [6.45, 7) is 3.52. The van der Waals surface area contributed by atoms with Crippen LogP contribution >= 0.6 is 0 Å². The number of nitriles is 1. The van der Waals surface area contributed by atoms with Crippen LogP contribution in [0.2, 0.25) is 0 Å². The van der Waals surface area contributed by atoms with Crippen LogP contribution in [-0.4, -0.2) is 47.6 Å². The van der Waals surface area contributed by atoms with Gasteiger partial charge in [-0.05, 0) is 38.1 Å². The first-order valence-corrected chi connectivity index (χ1v) is 10.4. The lowest BCUT2D eigenvalue weighted by Crippen LogP contribution is -2.37. The Balaban J connectivity index is 2.01. The lowest BCUT2D eigenvalue weighted by molar-refractivity contribution is -0.115. The predicted molar refractivity (Wildman–Crippen MR) is 106 cm³/mol. The number of carbonyl (C=O) groups is 2. The second kappa shape index (κ2) is 9.20. The maximum atomic E-state index is 12.5. The summed E-state index contributed by atoms with van der Waals surface area (Å²) in [4.78, 5) is 24.5. The van der Waals surface area contributed by atoms with E-state index in [0.717, 1.165) is 0 Å². The second-order valence-corrected chi connectivity index (χ2v) is 8.41. The number of nitrogens with zero attached hydrogens (tertiary/aromatic N) is 3. The summed E-state index contributed by atoms with van der Waals surface area (Å²) in [5.41, 5.74) is 0.498. The zero-order chi connectivity index (χ0) is 21.6. The fourth-order valence-electron chi connectivity index (χ4n) is 2.35. The number of rotatable bonds is 8. The van der Waals surface area contributed by atoms with E-state index in [1.807, 2.05) is 13.0 Å². The zero-order valence-corrected chi connectivity index (χ0v) is 17.0. The molecule has 0 radical (unpaired) electrons. The molecule has 10 nitrogen and oxygen atoms in total. The van der Waals surface area contributed by atoms with E-state index < -0.39 is 32.7 Å². The van der Waals surface area contributed by atoms with E-state index in [4.69, 9.17) is 10.00 Å². The van der Waals surface area contributed by atoms with Gasteiger partial charge in [-0.3, -0.25) is 14.3 Å². The number of carbonyl (C=O) groups excluding carboxylic acids is 2. The number of hydrogen-bond acceptors (Lipinski definition) is 7. The number of sulfone groups is 1. The van der Waals surface area contributed by atoms with Crippen molar-refractivity contribution in [3.05, 3.63) is 36.0 Å². The van der Waals surface area contributed by atoms with Crippen molar-refractivity contribution in [2.75, 3.05) is 23.0 Å². The Kier molecular flexibility index (Phi) is 6.95. The molecular weight excluding hydrogens is 398 g/mol. The molecule has 1 aromatic carbocycles. The lowest BCUT2D eigenvalue weighted by Gasteiger charge is -2.14. The van der Waals surface area contributed by atoms with Gasteiger partial charge in [-0.2, -0.15) is 10.4 Å². The fourth-order valence-corrected chi connectivity index (χ4v) is 3.43. The number of benzene rings is 1. The quantitative estimate of drug-likeness (QED) is 0.651. The Labute approximate surface area is 168 Å². The molecule has 2 aromatic rings. The summed E-state index contributed by atoms with van der Waals surface area (Å²) < 4.78 is 31.4. The number of ether oxygens (including phenoxy) is 1. The molecule has 1 unspecified atom stereocenters. The van der Waals surface area contributed by atoms with Gasteiger partial charge < -0.3 is 15.4 Å². The van der Waals surface area contributed by atoms with E-state index in [-0.39, 0.29) is 11.4 Å². The maximum Gasteiger partial charge on any atom is 0.243 e. The summed E-state index contributed by atoms with van der Waals surface area (Å²) in [5.74, 6) is -1.80. The first kappa shape index (κ1) is 21.9. The molecular formula is C18H21N5O5S. The van der Waals surface area contributed by atoms with E-state index in [0.29, 0.717) is 18.0 Å². The van der Waals surface area contributed by atoms with Gasteiger partial charge in [0.2, 0.25) is 11.8 Å². The van der Waals surface area contributed by atoms with Crippen molar-refractivity contribution in [2.45, 2.75) is 19.1 Å². The van der Waals surface area contributed by atoms with E-state index in [1.165, 1.54) is 24.9 Å². The average Bonchev–Trinajstić information content (AvgIpc) is 3.02. The average molecular weight is 419 g/mol. The molecule has 1 atom stereocenters. The minimum absolute atomic E-state index is 0.0818. The molecule has 1 heterocycles. The lowest BCUT2D eigenvalue weighted by atomic mass is 10.3. The topological polar surface area (TPSA) is 143 Å². The third kappa shape index (κ3) is 5.55. The zero-order valence-electron chi connectivity index (χ0n) is 16.2. The van der Waals surface area contributed by atoms with E-state index >= 15 is 0 Å². The summed E-state index contributed by atoms with van der Waals surface area (Å²) in [7, 11) is -2.59. The van der Waals surface area contributed by atoms with Gasteiger partial charge in [-0.1, -0.05) is 0 Å². The summed E-state index contributed by atoms with van der Waals surface area (Å²) in [5, 5.41) is 16.2. The molecule has 2 N–H and O–H groups in total. The molecule has 0 fully saturated rings. The van der Waals surface area contributed by atoms with Crippen molar-refractivity contribution in [2.24, 2.45) is 7.05 Å². The van der Waals surface area contributed by atoms with Gasteiger partial charge in [0, 0.05) is 12.7 Å². The Hall–Kier alpha value is -3.39. The summed E-state index contributed by atoms with van der Waals surface area (Å²) in [6, 6.07) is 8.30. The van der Waals surface area contributed by atoms with Crippen LogP contribution in [0.5, 0.6) is 5.75 Å². The van der Waals surface area contributed by atoms with Crippen LogP contribution in [-0.2, 0) is 26.5 Å². The number of aromatic nitrogens is 2. The normalized spacial score (nSPS) is 11.9. The van der Waals surface area contributed by atoms with E-state index in [2.05, 4.69) is 15.7 Å².